The summed E-state index contributed by atoms with van der Waals surface area (Å²) in [5.41, 5.74) is 0.316. The van der Waals surface area contributed by atoms with Crippen LogP contribution in [0.2, 0.25) is 0 Å². The van der Waals surface area contributed by atoms with Crippen LogP contribution >= 0.6 is 15.9 Å². The molecule has 1 heterocycles. The molecule has 1 aromatic heterocycles. The number of likely N-dealkylation sites (N-methyl/N-ethyl adjacent to an activating group) is 1. The van der Waals surface area contributed by atoms with Gasteiger partial charge in [0.2, 0.25) is 0 Å². The topological polar surface area (TPSA) is 45.5 Å². The largest absolute Gasteiger partial charge is 0.477 e. The lowest BCUT2D eigenvalue weighted by molar-refractivity contribution is 0.0682. The number of carboxylic acids is 1. The Kier molecular flexibility index (Phi) is 3.93. The number of halogens is 1. The zero-order valence-corrected chi connectivity index (χ0v) is 10.7. The van der Waals surface area contributed by atoms with Gasteiger partial charge in [-0.3, -0.25) is 0 Å². The SMILES string of the molecule is CC(CN(C)C)n1cc(Br)cc1C(=O)O. The zero-order valence-electron chi connectivity index (χ0n) is 9.07. The van der Waals surface area contributed by atoms with Crippen LogP contribution in [0.3, 0.4) is 0 Å². The maximum Gasteiger partial charge on any atom is 0.352 e. The van der Waals surface area contributed by atoms with E-state index in [1.54, 1.807) is 16.8 Å². The van der Waals surface area contributed by atoms with Crippen molar-refractivity contribution < 1.29 is 9.90 Å². The monoisotopic (exact) mass is 274 g/mol. The van der Waals surface area contributed by atoms with E-state index in [0.29, 0.717) is 5.69 Å². The summed E-state index contributed by atoms with van der Waals surface area (Å²) in [5, 5.41) is 9.01. The molecule has 0 aliphatic heterocycles. The summed E-state index contributed by atoms with van der Waals surface area (Å²) in [6.07, 6.45) is 1.80. The number of carbonyl (C=O) groups is 1. The molecule has 1 unspecified atom stereocenters. The quantitative estimate of drug-likeness (QED) is 0.915. The van der Waals surface area contributed by atoms with Gasteiger partial charge >= 0.3 is 5.97 Å². The van der Waals surface area contributed by atoms with Crippen molar-refractivity contribution in [2.24, 2.45) is 0 Å². The Bertz CT molecular complexity index is 360. The molecule has 84 valence electrons. The molecule has 0 aliphatic carbocycles. The third-order valence-electron chi connectivity index (χ3n) is 2.14. The van der Waals surface area contributed by atoms with Crippen molar-refractivity contribution in [2.75, 3.05) is 20.6 Å². The van der Waals surface area contributed by atoms with E-state index in [9.17, 15) is 4.79 Å². The smallest absolute Gasteiger partial charge is 0.352 e. The minimum Gasteiger partial charge on any atom is -0.477 e. The number of aromatic nitrogens is 1. The van der Waals surface area contributed by atoms with Gasteiger partial charge in [0.05, 0.1) is 0 Å². The van der Waals surface area contributed by atoms with Crippen LogP contribution in [0.25, 0.3) is 0 Å². The second kappa shape index (κ2) is 4.81. The fourth-order valence-electron chi connectivity index (χ4n) is 1.60. The first-order valence-corrected chi connectivity index (χ1v) is 5.46. The normalized spacial score (nSPS) is 13.1. The molecule has 1 rings (SSSR count). The minimum atomic E-state index is -0.897. The van der Waals surface area contributed by atoms with Crippen LogP contribution < -0.4 is 0 Å². The van der Waals surface area contributed by atoms with Gasteiger partial charge in [-0.2, -0.15) is 0 Å². The fraction of sp³-hybridized carbons (Fsp3) is 0.500. The van der Waals surface area contributed by atoms with Gasteiger partial charge in [-0.05, 0) is 43.0 Å². The molecule has 0 amide bonds. The van der Waals surface area contributed by atoms with E-state index in [-0.39, 0.29) is 6.04 Å². The van der Waals surface area contributed by atoms with Crippen LogP contribution in [-0.2, 0) is 0 Å². The lowest BCUT2D eigenvalue weighted by Crippen LogP contribution is -2.24. The Morgan fingerprint density at radius 3 is 2.73 bits per heavy atom. The van der Waals surface area contributed by atoms with Gasteiger partial charge in [0, 0.05) is 23.3 Å². The van der Waals surface area contributed by atoms with Gasteiger partial charge < -0.3 is 14.6 Å². The van der Waals surface area contributed by atoms with Crippen LogP contribution in [0.15, 0.2) is 16.7 Å². The second-order valence-electron chi connectivity index (χ2n) is 3.87. The Morgan fingerprint density at radius 2 is 2.27 bits per heavy atom. The summed E-state index contributed by atoms with van der Waals surface area (Å²) >= 11 is 3.29. The van der Waals surface area contributed by atoms with E-state index in [2.05, 4.69) is 15.9 Å². The van der Waals surface area contributed by atoms with Gasteiger partial charge in [0.25, 0.3) is 0 Å². The van der Waals surface area contributed by atoms with Gasteiger partial charge in [0.15, 0.2) is 0 Å². The highest BCUT2D eigenvalue weighted by Crippen LogP contribution is 2.19. The number of hydrogen-bond donors (Lipinski definition) is 1. The third-order valence-corrected chi connectivity index (χ3v) is 2.57. The van der Waals surface area contributed by atoms with E-state index in [4.69, 9.17) is 5.11 Å². The molecule has 15 heavy (non-hydrogen) atoms. The van der Waals surface area contributed by atoms with E-state index >= 15 is 0 Å². The molecule has 0 saturated carbocycles. The molecule has 1 atom stereocenters. The number of hydrogen-bond acceptors (Lipinski definition) is 2. The first kappa shape index (κ1) is 12.3. The third kappa shape index (κ3) is 3.07. The van der Waals surface area contributed by atoms with Crippen LogP contribution in [0.1, 0.15) is 23.5 Å². The predicted molar refractivity (Wildman–Crippen MR) is 62.4 cm³/mol. The lowest BCUT2D eigenvalue weighted by atomic mass is 10.3. The van der Waals surface area contributed by atoms with Gasteiger partial charge in [-0.15, -0.1) is 0 Å². The summed E-state index contributed by atoms with van der Waals surface area (Å²) in [7, 11) is 3.94. The van der Waals surface area contributed by atoms with Crippen molar-refractivity contribution in [2.45, 2.75) is 13.0 Å². The summed E-state index contributed by atoms with van der Waals surface area (Å²) in [6.45, 7) is 2.81. The van der Waals surface area contributed by atoms with Crippen LogP contribution in [0.4, 0.5) is 0 Å². The Labute approximate surface area is 97.6 Å². The average Bonchev–Trinajstić information content (AvgIpc) is 2.46. The highest BCUT2D eigenvalue weighted by Gasteiger charge is 2.16. The minimum absolute atomic E-state index is 0.136. The van der Waals surface area contributed by atoms with Crippen LogP contribution in [0.5, 0.6) is 0 Å². The predicted octanol–water partition coefficient (Wildman–Crippen LogP) is 2.07. The van der Waals surface area contributed by atoms with Crippen molar-refractivity contribution in [3.05, 3.63) is 22.4 Å². The lowest BCUT2D eigenvalue weighted by Gasteiger charge is -2.19. The first-order chi connectivity index (χ1) is 6.91. The molecule has 1 N–H and O–H groups in total. The molecule has 5 heteroatoms. The highest BCUT2D eigenvalue weighted by atomic mass is 79.9. The molecular weight excluding hydrogens is 260 g/mol. The Balaban J connectivity index is 2.96. The number of rotatable bonds is 4. The van der Waals surface area contributed by atoms with Crippen molar-refractivity contribution in [3.8, 4) is 0 Å². The average molecular weight is 275 g/mol. The van der Waals surface area contributed by atoms with E-state index in [1.807, 2.05) is 25.9 Å². The molecular formula is C10H15BrN2O2. The van der Waals surface area contributed by atoms with Crippen molar-refractivity contribution in [1.82, 2.24) is 9.47 Å². The maximum atomic E-state index is 11.0. The molecule has 0 radical (unpaired) electrons. The number of carboxylic acid groups (broad SMARTS) is 1. The molecule has 0 spiro atoms. The van der Waals surface area contributed by atoms with Gasteiger partial charge in [-0.1, -0.05) is 0 Å². The first-order valence-electron chi connectivity index (χ1n) is 4.67. The Morgan fingerprint density at radius 1 is 1.67 bits per heavy atom. The van der Waals surface area contributed by atoms with Crippen LogP contribution in [0, 0.1) is 0 Å². The standard InChI is InChI=1S/C10H15BrN2O2/c1-7(5-12(2)3)13-6-8(11)4-9(13)10(14)15/h4,6-7H,5H2,1-3H3,(H,14,15). The number of aromatic carboxylic acids is 1. The summed E-state index contributed by atoms with van der Waals surface area (Å²) < 4.78 is 2.57. The molecule has 0 aromatic carbocycles. The molecule has 0 fully saturated rings. The summed E-state index contributed by atoms with van der Waals surface area (Å²) in [5.74, 6) is -0.897. The van der Waals surface area contributed by atoms with Gasteiger partial charge in [0.1, 0.15) is 5.69 Å². The van der Waals surface area contributed by atoms with E-state index in [1.165, 1.54) is 0 Å². The second-order valence-corrected chi connectivity index (χ2v) is 4.78. The van der Waals surface area contributed by atoms with Crippen molar-refractivity contribution >= 4 is 21.9 Å². The molecule has 1 aromatic rings. The van der Waals surface area contributed by atoms with Crippen molar-refractivity contribution in [1.29, 1.82) is 0 Å². The van der Waals surface area contributed by atoms with Crippen molar-refractivity contribution in [3.63, 3.8) is 0 Å². The zero-order chi connectivity index (χ0) is 11.6. The summed E-state index contributed by atoms with van der Waals surface area (Å²) in [6, 6.07) is 1.76. The van der Waals surface area contributed by atoms with E-state index in [0.717, 1.165) is 11.0 Å². The molecule has 0 saturated heterocycles. The van der Waals surface area contributed by atoms with Gasteiger partial charge in [-0.25, -0.2) is 4.79 Å². The summed E-state index contributed by atoms with van der Waals surface area (Å²) in [4.78, 5) is 13.0. The maximum absolute atomic E-state index is 11.0. The number of nitrogens with zero attached hydrogens (tertiary/aromatic N) is 2. The van der Waals surface area contributed by atoms with E-state index < -0.39 is 5.97 Å². The molecule has 0 bridgehead atoms. The van der Waals surface area contributed by atoms with Crippen LogP contribution in [-0.4, -0.2) is 41.2 Å². The highest BCUT2D eigenvalue weighted by molar-refractivity contribution is 9.10. The Hall–Kier alpha value is -0.810. The molecule has 4 nitrogen and oxygen atoms in total. The molecule has 0 aliphatic rings. The fourth-order valence-corrected chi connectivity index (χ4v) is 2.04.